The predicted octanol–water partition coefficient (Wildman–Crippen LogP) is 3.77. The summed E-state index contributed by atoms with van der Waals surface area (Å²) in [6, 6.07) is 22.7. The van der Waals surface area contributed by atoms with Crippen molar-refractivity contribution in [3.63, 3.8) is 0 Å². The molecule has 1 heterocycles. The maximum Gasteiger partial charge on any atom is 0.261 e. The summed E-state index contributed by atoms with van der Waals surface area (Å²) in [5, 5.41) is 8.95. The number of hydrogen-bond donors (Lipinski definition) is 1. The minimum atomic E-state index is -3.68. The summed E-state index contributed by atoms with van der Waals surface area (Å²) < 4.78 is 27.9. The van der Waals surface area contributed by atoms with Gasteiger partial charge in [0.15, 0.2) is 0 Å². The van der Waals surface area contributed by atoms with Gasteiger partial charge in [-0.05, 0) is 73.0 Å². The number of aryl methyl sites for hydroxylation is 1. The smallest absolute Gasteiger partial charge is 0.261 e. The highest BCUT2D eigenvalue weighted by Crippen LogP contribution is 2.31. The van der Waals surface area contributed by atoms with Gasteiger partial charge >= 0.3 is 0 Å². The van der Waals surface area contributed by atoms with Gasteiger partial charge in [-0.2, -0.15) is 5.26 Å². The highest BCUT2D eigenvalue weighted by atomic mass is 32.2. The van der Waals surface area contributed by atoms with E-state index in [2.05, 4.69) is 10.8 Å². The lowest BCUT2D eigenvalue weighted by Crippen LogP contribution is -2.41. The molecule has 3 aromatic carbocycles. The topological polar surface area (TPSA) is 93.5 Å². The number of carbonyl (C=O) groups excluding carboxylic acids is 1. The van der Waals surface area contributed by atoms with Crippen molar-refractivity contribution < 1.29 is 13.2 Å². The number of benzene rings is 3. The van der Waals surface area contributed by atoms with E-state index in [4.69, 9.17) is 5.26 Å². The molecule has 1 aliphatic heterocycles. The van der Waals surface area contributed by atoms with E-state index < -0.39 is 10.0 Å². The number of amides is 1. The molecule has 33 heavy (non-hydrogen) atoms. The molecule has 8 heteroatoms. The quantitative estimate of drug-likeness (QED) is 0.604. The van der Waals surface area contributed by atoms with E-state index in [1.807, 2.05) is 24.1 Å². The molecule has 7 nitrogen and oxygen atoms in total. The van der Waals surface area contributed by atoms with Gasteiger partial charge in [0.25, 0.3) is 10.0 Å². The second kappa shape index (κ2) is 9.35. The van der Waals surface area contributed by atoms with Crippen molar-refractivity contribution in [2.75, 3.05) is 34.7 Å². The first kappa shape index (κ1) is 22.4. The molecule has 4 rings (SSSR count). The van der Waals surface area contributed by atoms with Crippen LogP contribution in [0.2, 0.25) is 0 Å². The zero-order valence-corrected chi connectivity index (χ0v) is 19.0. The Hall–Kier alpha value is -3.83. The molecule has 0 fully saturated rings. The van der Waals surface area contributed by atoms with Crippen molar-refractivity contribution in [3.05, 3.63) is 83.9 Å². The van der Waals surface area contributed by atoms with Crippen LogP contribution >= 0.6 is 0 Å². The molecule has 0 saturated heterocycles. The SMILES string of the molecule is CN(CC(=O)N1CCCc2cc(NS(=O)(=O)c3ccccc3)ccc21)c1ccc(C#N)cc1. The fraction of sp³-hybridized carbons (Fsp3) is 0.200. The summed E-state index contributed by atoms with van der Waals surface area (Å²) in [6.45, 7) is 0.801. The Morgan fingerprint density at radius 3 is 2.52 bits per heavy atom. The molecule has 168 valence electrons. The average Bonchev–Trinajstić information content (AvgIpc) is 2.83. The van der Waals surface area contributed by atoms with E-state index in [0.29, 0.717) is 17.8 Å². The lowest BCUT2D eigenvalue weighted by molar-refractivity contribution is -0.117. The number of anilines is 3. The largest absolute Gasteiger partial charge is 0.365 e. The fourth-order valence-electron chi connectivity index (χ4n) is 3.90. The van der Waals surface area contributed by atoms with E-state index in [-0.39, 0.29) is 17.3 Å². The molecule has 0 bridgehead atoms. The molecule has 0 aromatic heterocycles. The number of hydrogen-bond acceptors (Lipinski definition) is 5. The number of sulfonamides is 1. The van der Waals surface area contributed by atoms with Crippen molar-refractivity contribution in [3.8, 4) is 6.07 Å². The van der Waals surface area contributed by atoms with Gasteiger partial charge in [0.1, 0.15) is 0 Å². The molecule has 0 saturated carbocycles. The second-order valence-electron chi connectivity index (χ2n) is 7.93. The third-order valence-electron chi connectivity index (χ3n) is 5.61. The first-order valence-electron chi connectivity index (χ1n) is 10.6. The first-order valence-corrected chi connectivity index (χ1v) is 12.1. The monoisotopic (exact) mass is 460 g/mol. The number of nitrogens with one attached hydrogen (secondary N) is 1. The molecule has 0 radical (unpaired) electrons. The molecule has 0 unspecified atom stereocenters. The molecule has 1 aliphatic rings. The number of rotatable bonds is 6. The van der Waals surface area contributed by atoms with Crippen molar-refractivity contribution in [2.45, 2.75) is 17.7 Å². The maximum atomic E-state index is 13.1. The fourth-order valence-corrected chi connectivity index (χ4v) is 4.97. The number of nitrogens with zero attached hydrogens (tertiary/aromatic N) is 3. The van der Waals surface area contributed by atoms with Gasteiger partial charge < -0.3 is 9.80 Å². The molecule has 0 spiro atoms. The van der Waals surface area contributed by atoms with Crippen LogP contribution in [-0.2, 0) is 21.2 Å². The molecule has 0 aliphatic carbocycles. The highest BCUT2D eigenvalue weighted by molar-refractivity contribution is 7.92. The van der Waals surface area contributed by atoms with E-state index in [1.54, 1.807) is 65.6 Å². The van der Waals surface area contributed by atoms with Crippen molar-refractivity contribution in [1.29, 1.82) is 5.26 Å². The predicted molar refractivity (Wildman–Crippen MR) is 129 cm³/mol. The average molecular weight is 461 g/mol. The van der Waals surface area contributed by atoms with E-state index in [9.17, 15) is 13.2 Å². The van der Waals surface area contributed by atoms with E-state index >= 15 is 0 Å². The van der Waals surface area contributed by atoms with Gasteiger partial charge in [0.2, 0.25) is 5.91 Å². The number of likely N-dealkylation sites (N-methyl/N-ethyl adjacent to an activating group) is 1. The van der Waals surface area contributed by atoms with Crippen LogP contribution in [-0.4, -0.2) is 34.5 Å². The Balaban J connectivity index is 1.49. The second-order valence-corrected chi connectivity index (χ2v) is 9.61. The highest BCUT2D eigenvalue weighted by Gasteiger charge is 2.24. The van der Waals surface area contributed by atoms with E-state index in [0.717, 1.165) is 29.8 Å². The first-order chi connectivity index (χ1) is 15.9. The summed E-state index contributed by atoms with van der Waals surface area (Å²) in [7, 11) is -1.84. The lowest BCUT2D eigenvalue weighted by Gasteiger charge is -2.31. The van der Waals surface area contributed by atoms with Gasteiger partial charge in [0, 0.05) is 30.7 Å². The molecule has 1 amide bonds. The Kier molecular flexibility index (Phi) is 6.33. The Labute approximate surface area is 193 Å². The van der Waals surface area contributed by atoms with Crippen molar-refractivity contribution in [2.24, 2.45) is 0 Å². The summed E-state index contributed by atoms with van der Waals surface area (Å²) in [6.07, 6.45) is 1.57. The summed E-state index contributed by atoms with van der Waals surface area (Å²) >= 11 is 0. The lowest BCUT2D eigenvalue weighted by atomic mass is 10.0. The van der Waals surface area contributed by atoms with Crippen molar-refractivity contribution >= 4 is 33.0 Å². The van der Waals surface area contributed by atoms with Gasteiger partial charge in [-0.15, -0.1) is 0 Å². The van der Waals surface area contributed by atoms with Crippen LogP contribution < -0.4 is 14.5 Å². The summed E-state index contributed by atoms with van der Waals surface area (Å²) in [5.41, 5.74) is 3.64. The molecular formula is C25H24N4O3S. The number of carbonyl (C=O) groups is 1. The van der Waals surface area contributed by atoms with Crippen LogP contribution in [0, 0.1) is 11.3 Å². The van der Waals surface area contributed by atoms with Crippen LogP contribution in [0.3, 0.4) is 0 Å². The molecule has 3 aromatic rings. The maximum absolute atomic E-state index is 13.1. The van der Waals surface area contributed by atoms with Gasteiger partial charge in [-0.1, -0.05) is 18.2 Å². The van der Waals surface area contributed by atoms with Crippen LogP contribution in [0.4, 0.5) is 17.1 Å². The van der Waals surface area contributed by atoms with Crippen LogP contribution in [0.1, 0.15) is 17.5 Å². The van der Waals surface area contributed by atoms with Crippen LogP contribution in [0.5, 0.6) is 0 Å². The minimum absolute atomic E-state index is 0.0413. The van der Waals surface area contributed by atoms with E-state index in [1.165, 1.54) is 0 Å². The third-order valence-corrected chi connectivity index (χ3v) is 7.01. The third kappa shape index (κ3) is 4.99. The van der Waals surface area contributed by atoms with Crippen LogP contribution in [0.15, 0.2) is 77.7 Å². The molecule has 1 N–H and O–H groups in total. The van der Waals surface area contributed by atoms with Gasteiger partial charge in [-0.3, -0.25) is 9.52 Å². The number of fused-ring (bicyclic) bond motifs is 1. The Morgan fingerprint density at radius 1 is 1.09 bits per heavy atom. The molecule has 0 atom stereocenters. The van der Waals surface area contributed by atoms with Crippen molar-refractivity contribution in [1.82, 2.24) is 0 Å². The summed E-state index contributed by atoms with van der Waals surface area (Å²) in [4.78, 5) is 16.9. The van der Waals surface area contributed by atoms with Crippen LogP contribution in [0.25, 0.3) is 0 Å². The molecular weight excluding hydrogens is 436 g/mol. The minimum Gasteiger partial charge on any atom is -0.365 e. The zero-order valence-electron chi connectivity index (χ0n) is 18.2. The Morgan fingerprint density at radius 2 is 1.82 bits per heavy atom. The normalized spacial score (nSPS) is 13.0. The zero-order chi connectivity index (χ0) is 23.4. The standard InChI is InChI=1S/C25H24N4O3S/c1-28(22-12-9-19(17-26)10-13-22)18-25(30)29-15-5-6-20-16-21(11-14-24(20)29)27-33(31,32)23-7-3-2-4-8-23/h2-4,7-14,16,27H,5-6,15,18H2,1H3. The Bertz CT molecular complexity index is 1300. The summed E-state index contributed by atoms with van der Waals surface area (Å²) in [5.74, 6) is -0.0413. The van der Waals surface area contributed by atoms with Gasteiger partial charge in [-0.25, -0.2) is 8.42 Å². The van der Waals surface area contributed by atoms with Gasteiger partial charge in [0.05, 0.1) is 23.1 Å². The number of nitriles is 1.